The summed E-state index contributed by atoms with van der Waals surface area (Å²) in [6.45, 7) is 2.74. The number of phosphoric ester groups is 1. The maximum absolute atomic E-state index is 10.9. The average Bonchev–Trinajstić information content (AvgIpc) is 2.00. The Hall–Kier alpha value is -1.04. The zero-order valence-electron chi connectivity index (χ0n) is 7.63. The molecule has 0 rings (SSSR count). The highest BCUT2D eigenvalue weighted by Gasteiger charge is 2.21. The average molecular weight is 226 g/mol. The van der Waals surface area contributed by atoms with Crippen LogP contribution >= 0.6 is 7.82 Å². The fourth-order valence-corrected chi connectivity index (χ4v) is 0.870. The van der Waals surface area contributed by atoms with Crippen molar-refractivity contribution < 1.29 is 33.5 Å². The van der Waals surface area contributed by atoms with Gasteiger partial charge in [-0.25, -0.2) is 9.36 Å². The first kappa shape index (κ1) is 13.0. The summed E-state index contributed by atoms with van der Waals surface area (Å²) in [7, 11) is -4.85. The zero-order chi connectivity index (χ0) is 11.4. The van der Waals surface area contributed by atoms with Crippen LogP contribution in [0.15, 0.2) is 11.5 Å². The van der Waals surface area contributed by atoms with Crippen molar-refractivity contribution in [3.63, 3.8) is 0 Å². The van der Waals surface area contributed by atoms with Crippen molar-refractivity contribution in [2.24, 2.45) is 0 Å². The molecule has 0 aliphatic heterocycles. The summed E-state index contributed by atoms with van der Waals surface area (Å²) in [4.78, 5) is 27.5. The summed E-state index contributed by atoms with van der Waals surface area (Å²) in [5.74, 6) is -2.05. The van der Waals surface area contributed by atoms with Crippen LogP contribution in [0.4, 0.5) is 0 Å². The molecule has 0 aromatic rings. The third-order valence-electron chi connectivity index (χ3n) is 1.11. The fraction of sp³-hybridized carbons (Fsp3) is 0.500. The lowest BCUT2D eigenvalue weighted by molar-refractivity contribution is -0.138. The Balaban J connectivity index is 4.59. The van der Waals surface area contributed by atoms with E-state index in [4.69, 9.17) is 14.9 Å². The number of aliphatic hydroxyl groups excluding tert-OH is 1. The lowest BCUT2D eigenvalue weighted by Crippen LogP contribution is -2.08. The van der Waals surface area contributed by atoms with Crippen LogP contribution in [0.3, 0.4) is 0 Å². The quantitative estimate of drug-likeness (QED) is 0.276. The number of aliphatic hydroxyl groups is 1. The molecule has 0 saturated heterocycles. The smallest absolute Gasteiger partial charge is 0.480 e. The molecule has 0 unspecified atom stereocenters. The summed E-state index contributed by atoms with van der Waals surface area (Å²) in [6.07, 6.45) is 0. The summed E-state index contributed by atoms with van der Waals surface area (Å²) in [5.41, 5.74) is -0.407. The van der Waals surface area contributed by atoms with Crippen LogP contribution < -0.4 is 0 Å². The molecule has 0 spiro atoms. The van der Waals surface area contributed by atoms with Gasteiger partial charge in [0.25, 0.3) is 5.95 Å². The van der Waals surface area contributed by atoms with Crippen LogP contribution in [-0.2, 0) is 18.6 Å². The van der Waals surface area contributed by atoms with Crippen molar-refractivity contribution in [3.05, 3.63) is 11.5 Å². The summed E-state index contributed by atoms with van der Waals surface area (Å²) < 4.78 is 18.5. The number of carbonyl (C=O) groups excluding carboxylic acids is 1. The number of carbonyl (C=O) groups is 1. The van der Waals surface area contributed by atoms with Gasteiger partial charge in [0.05, 0.1) is 6.61 Å². The highest BCUT2D eigenvalue weighted by Crippen LogP contribution is 2.38. The molecule has 14 heavy (non-hydrogen) atoms. The lowest BCUT2D eigenvalue weighted by atomic mass is 10.3. The molecule has 0 saturated carbocycles. The molecule has 0 heterocycles. The second-order valence-corrected chi connectivity index (χ2v) is 3.40. The van der Waals surface area contributed by atoms with E-state index in [9.17, 15) is 9.36 Å². The van der Waals surface area contributed by atoms with Gasteiger partial charge in [0.15, 0.2) is 0 Å². The van der Waals surface area contributed by atoms with Gasteiger partial charge in [0.2, 0.25) is 0 Å². The lowest BCUT2D eigenvalue weighted by Gasteiger charge is -2.07. The van der Waals surface area contributed by atoms with E-state index in [2.05, 4.69) is 9.26 Å². The molecular weight excluding hydrogens is 215 g/mol. The second kappa shape index (κ2) is 4.99. The minimum atomic E-state index is -4.85. The van der Waals surface area contributed by atoms with Crippen molar-refractivity contribution >= 4 is 13.8 Å². The fourth-order valence-electron chi connectivity index (χ4n) is 0.508. The SMILES string of the molecule is CCOC(=O)C(C)=C(O)OP(=O)(O)O. The van der Waals surface area contributed by atoms with Crippen molar-refractivity contribution in [1.82, 2.24) is 0 Å². The Morgan fingerprint density at radius 2 is 1.93 bits per heavy atom. The van der Waals surface area contributed by atoms with Crippen LogP contribution in [0, 0.1) is 0 Å². The summed E-state index contributed by atoms with van der Waals surface area (Å²) in [6, 6.07) is 0. The van der Waals surface area contributed by atoms with E-state index in [1.54, 1.807) is 6.92 Å². The molecule has 0 aliphatic rings. The van der Waals surface area contributed by atoms with Crippen LogP contribution in [0.1, 0.15) is 13.8 Å². The van der Waals surface area contributed by atoms with Crippen molar-refractivity contribution in [3.8, 4) is 0 Å². The number of hydrogen-bond acceptors (Lipinski definition) is 5. The predicted octanol–water partition coefficient (Wildman–Crippen LogP) is 0.448. The van der Waals surface area contributed by atoms with Gasteiger partial charge >= 0.3 is 13.8 Å². The molecule has 0 bridgehead atoms. The highest BCUT2D eigenvalue weighted by atomic mass is 31.2. The number of esters is 1. The van der Waals surface area contributed by atoms with Crippen LogP contribution in [0.2, 0.25) is 0 Å². The van der Waals surface area contributed by atoms with E-state index in [1.165, 1.54) is 0 Å². The highest BCUT2D eigenvalue weighted by molar-refractivity contribution is 7.46. The molecule has 0 radical (unpaired) electrons. The Labute approximate surface area is 80.2 Å². The third kappa shape index (κ3) is 4.86. The van der Waals surface area contributed by atoms with E-state index >= 15 is 0 Å². The number of phosphoric acid groups is 1. The van der Waals surface area contributed by atoms with Gasteiger partial charge < -0.3 is 14.4 Å². The Kier molecular flexibility index (Phi) is 4.62. The molecule has 0 fully saturated rings. The van der Waals surface area contributed by atoms with Gasteiger partial charge in [0, 0.05) is 0 Å². The first-order valence-electron chi connectivity index (χ1n) is 3.60. The van der Waals surface area contributed by atoms with Gasteiger partial charge in [-0.3, -0.25) is 9.79 Å². The van der Waals surface area contributed by atoms with E-state index in [0.29, 0.717) is 0 Å². The Morgan fingerprint density at radius 3 is 2.29 bits per heavy atom. The number of ether oxygens (including phenoxy) is 1. The Morgan fingerprint density at radius 1 is 1.43 bits per heavy atom. The molecule has 0 aromatic heterocycles. The molecule has 0 aromatic carbocycles. The van der Waals surface area contributed by atoms with Gasteiger partial charge in [-0.1, -0.05) is 0 Å². The minimum absolute atomic E-state index is 0.0827. The maximum Gasteiger partial charge on any atom is 0.527 e. The largest absolute Gasteiger partial charge is 0.527 e. The molecule has 7 nitrogen and oxygen atoms in total. The number of hydrogen-bond donors (Lipinski definition) is 3. The van der Waals surface area contributed by atoms with E-state index in [-0.39, 0.29) is 6.61 Å². The van der Waals surface area contributed by atoms with E-state index in [1.807, 2.05) is 0 Å². The van der Waals surface area contributed by atoms with Crippen LogP contribution in [0.25, 0.3) is 0 Å². The monoisotopic (exact) mass is 226 g/mol. The predicted molar refractivity (Wildman–Crippen MR) is 45.1 cm³/mol. The first-order chi connectivity index (χ1) is 6.28. The molecule has 0 aliphatic carbocycles. The van der Waals surface area contributed by atoms with Crippen molar-refractivity contribution in [2.75, 3.05) is 6.61 Å². The normalized spacial score (nSPS) is 13.1. The standard InChI is InChI=1S/C6H11O7P/c1-3-12-5(7)4(2)6(8)13-14(9,10)11/h8H,3H2,1-2H3,(H2,9,10,11). The van der Waals surface area contributed by atoms with Gasteiger partial charge in [-0.05, 0) is 13.8 Å². The van der Waals surface area contributed by atoms with Crippen molar-refractivity contribution in [2.45, 2.75) is 13.8 Å². The maximum atomic E-state index is 10.9. The topological polar surface area (TPSA) is 113 Å². The number of rotatable bonds is 4. The molecule has 0 atom stereocenters. The third-order valence-corrected chi connectivity index (χ3v) is 1.52. The van der Waals surface area contributed by atoms with Gasteiger partial charge in [-0.15, -0.1) is 0 Å². The first-order valence-corrected chi connectivity index (χ1v) is 5.13. The van der Waals surface area contributed by atoms with Crippen molar-refractivity contribution in [1.29, 1.82) is 0 Å². The Bertz CT molecular complexity index is 289. The van der Waals surface area contributed by atoms with Gasteiger partial charge in [-0.2, -0.15) is 0 Å². The molecule has 8 heteroatoms. The molecule has 82 valence electrons. The zero-order valence-corrected chi connectivity index (χ0v) is 8.52. The summed E-state index contributed by atoms with van der Waals surface area (Å²) in [5, 5.41) is 8.91. The second-order valence-electron chi connectivity index (χ2n) is 2.23. The minimum Gasteiger partial charge on any atom is -0.480 e. The molecular formula is C6H11O7P. The summed E-state index contributed by atoms with van der Waals surface area (Å²) >= 11 is 0. The van der Waals surface area contributed by atoms with Gasteiger partial charge in [0.1, 0.15) is 5.57 Å². The van der Waals surface area contributed by atoms with E-state index < -0.39 is 25.3 Å². The molecule has 3 N–H and O–H groups in total. The van der Waals surface area contributed by atoms with E-state index in [0.717, 1.165) is 6.92 Å². The van der Waals surface area contributed by atoms with Crippen LogP contribution in [0.5, 0.6) is 0 Å². The molecule has 0 amide bonds. The van der Waals surface area contributed by atoms with Crippen LogP contribution in [-0.4, -0.2) is 27.5 Å².